The Hall–Kier alpha value is -1.53. The summed E-state index contributed by atoms with van der Waals surface area (Å²) in [7, 11) is 0. The average molecular weight is 180 g/mol. The van der Waals surface area contributed by atoms with Crippen molar-refractivity contribution in [3.05, 3.63) is 35.1 Å². The molecule has 1 rings (SSSR count). The molecule has 0 unspecified atom stereocenters. The van der Waals surface area contributed by atoms with E-state index in [4.69, 9.17) is 22.6 Å². The van der Waals surface area contributed by atoms with Gasteiger partial charge in [-0.25, -0.2) is 4.98 Å². The number of aromatic nitrogens is 1. The molecule has 0 saturated heterocycles. The minimum atomic E-state index is 0.363. The van der Waals surface area contributed by atoms with Crippen molar-refractivity contribution in [2.24, 2.45) is 5.73 Å². The number of nitrogens with zero attached hydrogens (tertiary/aromatic N) is 2. The predicted octanol–water partition coefficient (Wildman–Crippen LogP) is 1.56. The number of hydrogen-bond donors (Lipinski definition) is 1. The Morgan fingerprint density at radius 3 is 3.08 bits per heavy atom. The number of hydrogen-bond acceptors (Lipinski definition) is 3. The minimum Gasteiger partial charge on any atom is -0.398 e. The molecule has 0 aliphatic carbocycles. The Bertz CT molecular complexity index is 352. The summed E-state index contributed by atoms with van der Waals surface area (Å²) in [6, 6.07) is 5.13. The number of nitriles is 1. The first-order chi connectivity index (χ1) is 5.74. The van der Waals surface area contributed by atoms with Gasteiger partial charge in [0.1, 0.15) is 5.15 Å². The summed E-state index contributed by atoms with van der Waals surface area (Å²) in [5.74, 6) is 0. The topological polar surface area (TPSA) is 62.7 Å². The van der Waals surface area contributed by atoms with Crippen LogP contribution in [0, 0.1) is 11.3 Å². The fourth-order valence-electron chi connectivity index (χ4n) is 0.735. The van der Waals surface area contributed by atoms with Gasteiger partial charge in [-0.15, -0.1) is 0 Å². The highest BCUT2D eigenvalue weighted by Crippen LogP contribution is 2.11. The van der Waals surface area contributed by atoms with Crippen molar-refractivity contribution in [1.82, 2.24) is 4.98 Å². The third kappa shape index (κ3) is 1.97. The largest absolute Gasteiger partial charge is 0.398 e. The van der Waals surface area contributed by atoms with Gasteiger partial charge in [-0.3, -0.25) is 0 Å². The van der Waals surface area contributed by atoms with Gasteiger partial charge < -0.3 is 5.73 Å². The van der Waals surface area contributed by atoms with Crippen LogP contribution in [0.25, 0.3) is 5.70 Å². The van der Waals surface area contributed by atoms with Crippen LogP contribution >= 0.6 is 11.6 Å². The van der Waals surface area contributed by atoms with E-state index < -0.39 is 0 Å². The number of nitrogens with two attached hydrogens (primary N) is 1. The van der Waals surface area contributed by atoms with Crippen LogP contribution in [0.4, 0.5) is 0 Å². The molecule has 0 spiro atoms. The average Bonchev–Trinajstić information content (AvgIpc) is 2.05. The van der Waals surface area contributed by atoms with Crippen LogP contribution in [-0.2, 0) is 0 Å². The molecule has 0 radical (unpaired) electrons. The molecule has 0 aromatic carbocycles. The van der Waals surface area contributed by atoms with E-state index in [9.17, 15) is 0 Å². The van der Waals surface area contributed by atoms with Gasteiger partial charge in [0, 0.05) is 23.5 Å². The molecule has 1 heterocycles. The normalized spacial score (nSPS) is 10.8. The molecule has 1 aromatic rings. The molecule has 60 valence electrons. The van der Waals surface area contributed by atoms with Gasteiger partial charge in [0.05, 0.1) is 6.07 Å². The zero-order chi connectivity index (χ0) is 8.97. The SMILES string of the molecule is N#CC=C(N)c1ccnc(Cl)c1. The van der Waals surface area contributed by atoms with Crippen molar-refractivity contribution in [1.29, 1.82) is 5.26 Å². The minimum absolute atomic E-state index is 0.363. The first-order valence-corrected chi connectivity index (χ1v) is 3.59. The predicted molar refractivity (Wildman–Crippen MR) is 47.0 cm³/mol. The van der Waals surface area contributed by atoms with E-state index in [1.807, 2.05) is 6.07 Å². The summed E-state index contributed by atoms with van der Waals surface area (Å²) in [5, 5.41) is 8.68. The molecule has 0 atom stereocenters. The summed E-state index contributed by atoms with van der Waals surface area (Å²) in [6.45, 7) is 0. The first-order valence-electron chi connectivity index (χ1n) is 3.21. The van der Waals surface area contributed by atoms with E-state index in [0.29, 0.717) is 16.4 Å². The van der Waals surface area contributed by atoms with E-state index in [1.165, 1.54) is 12.3 Å². The standard InChI is InChI=1S/C8H6ClN3/c9-8-5-6(2-4-12-8)7(11)1-3-10/h1-2,4-5H,11H2. The molecule has 12 heavy (non-hydrogen) atoms. The van der Waals surface area contributed by atoms with Crippen LogP contribution in [0.1, 0.15) is 5.56 Å². The molecule has 4 heteroatoms. The van der Waals surface area contributed by atoms with Gasteiger partial charge >= 0.3 is 0 Å². The number of halogens is 1. The molecular weight excluding hydrogens is 174 g/mol. The summed E-state index contributed by atoms with van der Waals surface area (Å²) in [5.41, 5.74) is 6.62. The summed E-state index contributed by atoms with van der Waals surface area (Å²) < 4.78 is 0. The number of pyridine rings is 1. The van der Waals surface area contributed by atoms with Crippen molar-refractivity contribution < 1.29 is 0 Å². The highest BCUT2D eigenvalue weighted by Gasteiger charge is 1.96. The molecule has 0 aliphatic heterocycles. The summed E-state index contributed by atoms with van der Waals surface area (Å²) >= 11 is 5.61. The lowest BCUT2D eigenvalue weighted by atomic mass is 10.2. The molecule has 3 nitrogen and oxygen atoms in total. The molecule has 2 N–H and O–H groups in total. The molecule has 0 saturated carbocycles. The first kappa shape index (κ1) is 8.57. The van der Waals surface area contributed by atoms with Crippen LogP contribution in [-0.4, -0.2) is 4.98 Å². The third-order valence-corrected chi connectivity index (χ3v) is 1.49. The maximum absolute atomic E-state index is 8.31. The van der Waals surface area contributed by atoms with Crippen LogP contribution < -0.4 is 5.73 Å². The van der Waals surface area contributed by atoms with E-state index in [-0.39, 0.29) is 0 Å². The Morgan fingerprint density at radius 2 is 2.50 bits per heavy atom. The summed E-state index contributed by atoms with van der Waals surface area (Å²) in [6.07, 6.45) is 2.79. The highest BCUT2D eigenvalue weighted by molar-refractivity contribution is 6.29. The lowest BCUT2D eigenvalue weighted by molar-refractivity contribution is 1.31. The molecule has 0 amide bonds. The number of allylic oxidation sites excluding steroid dienone is 1. The second-order valence-electron chi connectivity index (χ2n) is 2.10. The van der Waals surface area contributed by atoms with E-state index in [0.717, 1.165) is 0 Å². The smallest absolute Gasteiger partial charge is 0.129 e. The van der Waals surface area contributed by atoms with Gasteiger partial charge in [-0.1, -0.05) is 11.6 Å². The lowest BCUT2D eigenvalue weighted by Gasteiger charge is -1.98. The fourth-order valence-corrected chi connectivity index (χ4v) is 0.909. The maximum Gasteiger partial charge on any atom is 0.129 e. The van der Waals surface area contributed by atoms with Crippen molar-refractivity contribution in [3.63, 3.8) is 0 Å². The van der Waals surface area contributed by atoms with E-state index in [2.05, 4.69) is 4.98 Å². The molecule has 0 aliphatic rings. The van der Waals surface area contributed by atoms with Crippen LogP contribution in [0.3, 0.4) is 0 Å². The second kappa shape index (κ2) is 3.74. The van der Waals surface area contributed by atoms with E-state index >= 15 is 0 Å². The van der Waals surface area contributed by atoms with Crippen molar-refractivity contribution in [2.75, 3.05) is 0 Å². The van der Waals surface area contributed by atoms with Crippen molar-refractivity contribution in [2.45, 2.75) is 0 Å². The van der Waals surface area contributed by atoms with Gasteiger partial charge in [0.15, 0.2) is 0 Å². The van der Waals surface area contributed by atoms with Gasteiger partial charge in [-0.05, 0) is 12.1 Å². The molecule has 0 bridgehead atoms. The van der Waals surface area contributed by atoms with Crippen LogP contribution in [0.5, 0.6) is 0 Å². The zero-order valence-corrected chi connectivity index (χ0v) is 6.92. The Morgan fingerprint density at radius 1 is 1.75 bits per heavy atom. The van der Waals surface area contributed by atoms with Gasteiger partial charge in [0.2, 0.25) is 0 Å². The zero-order valence-electron chi connectivity index (χ0n) is 6.16. The van der Waals surface area contributed by atoms with Gasteiger partial charge in [0.25, 0.3) is 0 Å². The molecule has 0 fully saturated rings. The molecule has 1 aromatic heterocycles. The van der Waals surface area contributed by atoms with Crippen molar-refractivity contribution >= 4 is 17.3 Å². The maximum atomic E-state index is 8.31. The van der Waals surface area contributed by atoms with Crippen molar-refractivity contribution in [3.8, 4) is 6.07 Å². The molecular formula is C8H6ClN3. The Balaban J connectivity index is 3.05. The van der Waals surface area contributed by atoms with Gasteiger partial charge in [-0.2, -0.15) is 5.26 Å². The lowest BCUT2D eigenvalue weighted by Crippen LogP contribution is -1.95. The van der Waals surface area contributed by atoms with Crippen LogP contribution in [0.2, 0.25) is 5.15 Å². The Labute approximate surface area is 75.1 Å². The highest BCUT2D eigenvalue weighted by atomic mass is 35.5. The summed E-state index contributed by atoms with van der Waals surface area (Å²) in [4.78, 5) is 3.78. The Kier molecular flexibility index (Phi) is 2.67. The fraction of sp³-hybridized carbons (Fsp3) is 0. The monoisotopic (exact) mass is 179 g/mol. The second-order valence-corrected chi connectivity index (χ2v) is 2.48. The van der Waals surface area contributed by atoms with E-state index in [1.54, 1.807) is 12.1 Å². The quantitative estimate of drug-likeness (QED) is 0.526. The number of rotatable bonds is 1. The van der Waals surface area contributed by atoms with Crippen LogP contribution in [0.15, 0.2) is 24.4 Å². The third-order valence-electron chi connectivity index (χ3n) is 1.28.